The number of rotatable bonds is 2. The quantitative estimate of drug-likeness (QED) is 0.526. The molecule has 21 heavy (non-hydrogen) atoms. The van der Waals surface area contributed by atoms with Gasteiger partial charge in [-0.2, -0.15) is 0 Å². The fourth-order valence-electron chi connectivity index (χ4n) is 1.60. The van der Waals surface area contributed by atoms with Gasteiger partial charge in [0.05, 0.1) is 11.1 Å². The highest BCUT2D eigenvalue weighted by molar-refractivity contribution is 5.89. The van der Waals surface area contributed by atoms with Gasteiger partial charge in [-0.15, -0.1) is 0 Å². The summed E-state index contributed by atoms with van der Waals surface area (Å²) in [7, 11) is 0. The first-order valence-corrected chi connectivity index (χ1v) is 5.17. The molecule has 0 unspecified atom stereocenters. The molecular weight excluding hydrogens is 304 g/mol. The predicted octanol–water partition coefficient (Wildman–Crippen LogP) is 3.28. The summed E-state index contributed by atoms with van der Waals surface area (Å²) in [4.78, 5) is 13.9. The summed E-state index contributed by atoms with van der Waals surface area (Å²) in [5.41, 5.74) is -3.95. The normalized spacial score (nSPS) is 10.8. The Hall–Kier alpha value is -2.58. The Bertz CT molecular complexity index is 733. The lowest BCUT2D eigenvalue weighted by atomic mass is 10.1. The Morgan fingerprint density at radius 1 is 0.857 bits per heavy atom. The third kappa shape index (κ3) is 2.20. The molecule has 0 radical (unpaired) electrons. The number of halogens is 6. The molecule has 0 saturated carbocycles. The van der Waals surface area contributed by atoms with Crippen molar-refractivity contribution in [2.75, 3.05) is 0 Å². The van der Waals surface area contributed by atoms with Crippen molar-refractivity contribution in [3.63, 3.8) is 0 Å². The van der Waals surface area contributed by atoms with Crippen molar-refractivity contribution in [3.05, 3.63) is 52.7 Å². The highest BCUT2D eigenvalue weighted by atomic mass is 19.2. The molecule has 1 aromatic heterocycles. The van der Waals surface area contributed by atoms with E-state index in [9.17, 15) is 31.1 Å². The molecule has 0 fully saturated rings. The molecule has 0 saturated heterocycles. The maximum absolute atomic E-state index is 13.8. The maximum Gasteiger partial charge on any atom is 0.338 e. The standard InChI is InChI=1S/C12H3F6NO2/c13-5-3(12(20)21)1-2-19-11(5)4-6(14)8(16)10(18)9(17)7(4)15/h1-2H,(H,20,21). The molecule has 110 valence electrons. The molecular formula is C12H3F6NO2. The summed E-state index contributed by atoms with van der Waals surface area (Å²) in [5, 5.41) is 8.67. The Morgan fingerprint density at radius 2 is 1.33 bits per heavy atom. The molecule has 9 heteroatoms. The van der Waals surface area contributed by atoms with E-state index in [-0.39, 0.29) is 0 Å². The van der Waals surface area contributed by atoms with Gasteiger partial charge in [0.25, 0.3) is 0 Å². The van der Waals surface area contributed by atoms with E-state index in [2.05, 4.69) is 4.98 Å². The van der Waals surface area contributed by atoms with Gasteiger partial charge in [0.1, 0.15) is 5.69 Å². The van der Waals surface area contributed by atoms with Gasteiger partial charge in [-0.05, 0) is 6.07 Å². The molecule has 2 aromatic rings. The van der Waals surface area contributed by atoms with Gasteiger partial charge in [0, 0.05) is 6.20 Å². The Balaban J connectivity index is 2.86. The number of carboxylic acid groups (broad SMARTS) is 1. The van der Waals surface area contributed by atoms with Gasteiger partial charge in [-0.25, -0.2) is 31.1 Å². The van der Waals surface area contributed by atoms with Gasteiger partial charge in [-0.3, -0.25) is 4.98 Å². The minimum atomic E-state index is -2.41. The number of nitrogens with zero attached hydrogens (tertiary/aromatic N) is 1. The van der Waals surface area contributed by atoms with Crippen LogP contribution in [0.25, 0.3) is 11.3 Å². The minimum absolute atomic E-state index is 0.667. The zero-order chi connectivity index (χ0) is 15.9. The highest BCUT2D eigenvalue weighted by Crippen LogP contribution is 2.32. The van der Waals surface area contributed by atoms with Gasteiger partial charge in [0.15, 0.2) is 29.1 Å². The molecule has 0 aliphatic heterocycles. The van der Waals surface area contributed by atoms with E-state index >= 15 is 0 Å². The number of aromatic carboxylic acids is 1. The van der Waals surface area contributed by atoms with Crippen LogP contribution in [0.3, 0.4) is 0 Å². The monoisotopic (exact) mass is 307 g/mol. The molecule has 0 aliphatic rings. The van der Waals surface area contributed by atoms with Crippen molar-refractivity contribution in [2.24, 2.45) is 0 Å². The predicted molar refractivity (Wildman–Crippen MR) is 56.4 cm³/mol. The second-order valence-corrected chi connectivity index (χ2v) is 3.77. The molecule has 0 atom stereocenters. The van der Waals surface area contributed by atoms with Crippen molar-refractivity contribution in [1.82, 2.24) is 4.98 Å². The van der Waals surface area contributed by atoms with E-state index in [0.717, 1.165) is 0 Å². The van der Waals surface area contributed by atoms with Crippen molar-refractivity contribution in [3.8, 4) is 11.3 Å². The first-order chi connectivity index (χ1) is 9.77. The summed E-state index contributed by atoms with van der Waals surface area (Å²) in [6.07, 6.45) is 0.667. The average Bonchev–Trinajstić information content (AvgIpc) is 2.44. The molecule has 0 amide bonds. The van der Waals surface area contributed by atoms with Crippen molar-refractivity contribution < 1.29 is 36.2 Å². The van der Waals surface area contributed by atoms with Gasteiger partial charge in [-0.1, -0.05) is 0 Å². The SMILES string of the molecule is O=C(O)c1ccnc(-c2c(F)c(F)c(F)c(F)c2F)c1F. The van der Waals surface area contributed by atoms with E-state index in [1.54, 1.807) is 0 Å². The van der Waals surface area contributed by atoms with E-state index in [1.807, 2.05) is 0 Å². The van der Waals surface area contributed by atoms with Crippen LogP contribution in [0, 0.1) is 34.9 Å². The van der Waals surface area contributed by atoms with E-state index < -0.39 is 57.7 Å². The first kappa shape index (κ1) is 14.8. The lowest BCUT2D eigenvalue weighted by Gasteiger charge is -2.09. The fraction of sp³-hybridized carbons (Fsp3) is 0. The van der Waals surface area contributed by atoms with Crippen LogP contribution in [0.2, 0.25) is 0 Å². The van der Waals surface area contributed by atoms with Crippen LogP contribution in [0.1, 0.15) is 10.4 Å². The van der Waals surface area contributed by atoms with Crippen molar-refractivity contribution >= 4 is 5.97 Å². The van der Waals surface area contributed by atoms with Gasteiger partial charge in [0.2, 0.25) is 5.82 Å². The summed E-state index contributed by atoms with van der Waals surface area (Å²) in [5.74, 6) is -15.1. The largest absolute Gasteiger partial charge is 0.478 e. The lowest BCUT2D eigenvalue weighted by Crippen LogP contribution is -2.09. The number of carboxylic acids is 1. The van der Waals surface area contributed by atoms with Crippen LogP contribution in [-0.4, -0.2) is 16.1 Å². The number of hydrogen-bond acceptors (Lipinski definition) is 2. The van der Waals surface area contributed by atoms with Crippen molar-refractivity contribution in [2.45, 2.75) is 0 Å². The fourth-order valence-corrected chi connectivity index (χ4v) is 1.60. The van der Waals surface area contributed by atoms with Crippen LogP contribution in [0.15, 0.2) is 12.3 Å². The van der Waals surface area contributed by atoms with Crippen LogP contribution < -0.4 is 0 Å². The third-order valence-electron chi connectivity index (χ3n) is 2.57. The summed E-state index contributed by atoms with van der Waals surface area (Å²) in [6.45, 7) is 0. The van der Waals surface area contributed by atoms with Crippen LogP contribution in [0.4, 0.5) is 26.3 Å². The first-order valence-electron chi connectivity index (χ1n) is 5.17. The Kier molecular flexibility index (Phi) is 3.58. The van der Waals surface area contributed by atoms with Crippen LogP contribution in [-0.2, 0) is 0 Å². The number of pyridine rings is 1. The average molecular weight is 307 g/mol. The molecule has 0 aliphatic carbocycles. The molecule has 1 N–H and O–H groups in total. The summed E-state index contributed by atoms with van der Waals surface area (Å²) < 4.78 is 79.9. The molecule has 3 nitrogen and oxygen atoms in total. The molecule has 1 heterocycles. The van der Waals surface area contributed by atoms with Gasteiger partial charge >= 0.3 is 5.97 Å². The number of carbonyl (C=O) groups is 1. The molecule has 0 bridgehead atoms. The number of aromatic nitrogens is 1. The topological polar surface area (TPSA) is 50.2 Å². The van der Waals surface area contributed by atoms with Crippen LogP contribution >= 0.6 is 0 Å². The van der Waals surface area contributed by atoms with E-state index in [4.69, 9.17) is 5.11 Å². The van der Waals surface area contributed by atoms with Gasteiger partial charge < -0.3 is 5.11 Å². The lowest BCUT2D eigenvalue weighted by molar-refractivity contribution is 0.0691. The Morgan fingerprint density at radius 3 is 1.81 bits per heavy atom. The summed E-state index contributed by atoms with van der Waals surface area (Å²) >= 11 is 0. The molecule has 0 spiro atoms. The molecule has 1 aromatic carbocycles. The third-order valence-corrected chi connectivity index (χ3v) is 2.57. The van der Waals surface area contributed by atoms with Crippen molar-refractivity contribution in [1.29, 1.82) is 0 Å². The second kappa shape index (κ2) is 5.08. The second-order valence-electron chi connectivity index (χ2n) is 3.77. The maximum atomic E-state index is 13.8. The number of benzene rings is 1. The minimum Gasteiger partial charge on any atom is -0.478 e. The number of hydrogen-bond donors (Lipinski definition) is 1. The zero-order valence-corrected chi connectivity index (χ0v) is 9.73. The van der Waals surface area contributed by atoms with Crippen LogP contribution in [0.5, 0.6) is 0 Å². The van der Waals surface area contributed by atoms with E-state index in [1.165, 1.54) is 0 Å². The zero-order valence-electron chi connectivity index (χ0n) is 9.73. The van der Waals surface area contributed by atoms with E-state index in [0.29, 0.717) is 12.3 Å². The summed E-state index contributed by atoms with van der Waals surface area (Å²) in [6, 6.07) is 0.674. The molecule has 2 rings (SSSR count). The Labute approximate surface area is 112 Å². The smallest absolute Gasteiger partial charge is 0.338 e. The highest BCUT2D eigenvalue weighted by Gasteiger charge is 2.30.